The minimum absolute atomic E-state index is 0. The highest BCUT2D eigenvalue weighted by Crippen LogP contribution is 2.33. The summed E-state index contributed by atoms with van der Waals surface area (Å²) in [6.45, 7) is 4.33. The highest BCUT2D eigenvalue weighted by atomic mass is 35.5. The van der Waals surface area contributed by atoms with Crippen molar-refractivity contribution in [3.05, 3.63) is 29.8 Å². The molecule has 0 spiro atoms. The molecule has 2 atom stereocenters. The maximum atomic E-state index is 12.7. The van der Waals surface area contributed by atoms with E-state index >= 15 is 0 Å². The summed E-state index contributed by atoms with van der Waals surface area (Å²) in [6, 6.07) is 8.78. The van der Waals surface area contributed by atoms with Crippen LogP contribution in [0.2, 0.25) is 0 Å². The third-order valence-electron chi connectivity index (χ3n) is 6.08. The number of aromatic hydroxyl groups is 1. The number of rotatable bonds is 4. The smallest absolute Gasteiger partial charge is 0.222 e. The Morgan fingerprint density at radius 3 is 2.37 bits per heavy atom. The maximum Gasteiger partial charge on any atom is 0.222 e. The van der Waals surface area contributed by atoms with Crippen molar-refractivity contribution in [1.29, 1.82) is 0 Å². The number of nitrogens with one attached hydrogen (secondary N) is 1. The molecule has 3 saturated heterocycles. The molecule has 1 amide bonds. The molecule has 4 rings (SSSR count). The van der Waals surface area contributed by atoms with Gasteiger partial charge in [0.25, 0.3) is 0 Å². The van der Waals surface area contributed by atoms with Crippen LogP contribution in [0.3, 0.4) is 0 Å². The fraction of sp³-hybridized carbons (Fsp3) is 0.650. The Labute approximate surface area is 174 Å². The van der Waals surface area contributed by atoms with E-state index in [4.69, 9.17) is 0 Å². The highest BCUT2D eigenvalue weighted by Gasteiger charge is 2.35. The minimum Gasteiger partial charge on any atom is -0.508 e. The molecule has 3 fully saturated rings. The number of halogens is 2. The molecule has 1 aromatic rings. The van der Waals surface area contributed by atoms with E-state index in [9.17, 15) is 9.90 Å². The molecule has 0 aliphatic carbocycles. The van der Waals surface area contributed by atoms with E-state index in [0.717, 1.165) is 44.7 Å². The lowest BCUT2D eigenvalue weighted by molar-refractivity contribution is -0.134. The van der Waals surface area contributed by atoms with Gasteiger partial charge in [0.1, 0.15) is 5.75 Å². The van der Waals surface area contributed by atoms with Gasteiger partial charge in [-0.1, -0.05) is 12.1 Å². The van der Waals surface area contributed by atoms with Crippen molar-refractivity contribution in [1.82, 2.24) is 15.1 Å². The van der Waals surface area contributed by atoms with Gasteiger partial charge in [-0.3, -0.25) is 9.69 Å². The molecule has 3 aliphatic heterocycles. The number of carbonyl (C=O) groups is 1. The minimum atomic E-state index is 0. The van der Waals surface area contributed by atoms with Crippen LogP contribution in [0, 0.1) is 5.92 Å². The Balaban J connectivity index is 0.00000131. The Hall–Kier alpha value is -1.01. The zero-order valence-corrected chi connectivity index (χ0v) is 17.3. The first-order valence-corrected chi connectivity index (χ1v) is 9.70. The Kier molecular flexibility index (Phi) is 8.22. The van der Waals surface area contributed by atoms with Crippen LogP contribution in [0.5, 0.6) is 5.75 Å². The molecule has 27 heavy (non-hydrogen) atoms. The molecule has 3 aliphatic rings. The number of hydrogen-bond donors (Lipinski definition) is 2. The van der Waals surface area contributed by atoms with Crippen molar-refractivity contribution in [3.63, 3.8) is 0 Å². The summed E-state index contributed by atoms with van der Waals surface area (Å²) in [7, 11) is 0. The van der Waals surface area contributed by atoms with E-state index < -0.39 is 0 Å². The summed E-state index contributed by atoms with van der Waals surface area (Å²) in [6.07, 6.45) is 5.69. The number of piperazine rings is 1. The van der Waals surface area contributed by atoms with Crippen molar-refractivity contribution < 1.29 is 9.90 Å². The number of carbonyl (C=O) groups excluding carboxylic acids is 1. The van der Waals surface area contributed by atoms with Crippen molar-refractivity contribution in [2.75, 3.05) is 26.2 Å². The van der Waals surface area contributed by atoms with Gasteiger partial charge < -0.3 is 15.3 Å². The maximum absolute atomic E-state index is 12.7. The first-order chi connectivity index (χ1) is 12.2. The second-order valence-corrected chi connectivity index (χ2v) is 8.01. The van der Waals surface area contributed by atoms with Crippen LogP contribution in [0.25, 0.3) is 0 Å². The van der Waals surface area contributed by atoms with Gasteiger partial charge in [-0.15, -0.1) is 24.8 Å². The molecular formula is C20H31Cl2N3O2. The number of benzene rings is 1. The molecular weight excluding hydrogens is 385 g/mol. The molecule has 5 nitrogen and oxygen atoms in total. The second kappa shape index (κ2) is 9.97. The van der Waals surface area contributed by atoms with Crippen molar-refractivity contribution in [3.8, 4) is 5.75 Å². The summed E-state index contributed by atoms with van der Waals surface area (Å²) in [4.78, 5) is 17.1. The molecule has 1 aromatic carbocycles. The first-order valence-electron chi connectivity index (χ1n) is 9.70. The van der Waals surface area contributed by atoms with Gasteiger partial charge in [0, 0.05) is 51.2 Å². The second-order valence-electron chi connectivity index (χ2n) is 8.01. The zero-order valence-electron chi connectivity index (χ0n) is 15.7. The predicted octanol–water partition coefficient (Wildman–Crippen LogP) is 2.80. The third-order valence-corrected chi connectivity index (χ3v) is 6.08. The largest absolute Gasteiger partial charge is 0.508 e. The van der Waals surface area contributed by atoms with Gasteiger partial charge in [0.05, 0.1) is 0 Å². The average molecular weight is 416 g/mol. The van der Waals surface area contributed by atoms with Crippen LogP contribution in [-0.4, -0.2) is 59.1 Å². The Morgan fingerprint density at radius 2 is 1.74 bits per heavy atom. The SMILES string of the molecule is Cl.Cl.O=C(CC1CC2CCC(C1)N2)N1CCN(Cc2cccc(O)c2)CC1. The summed E-state index contributed by atoms with van der Waals surface area (Å²) >= 11 is 0. The predicted molar refractivity (Wildman–Crippen MR) is 112 cm³/mol. The topological polar surface area (TPSA) is 55.8 Å². The molecule has 152 valence electrons. The lowest BCUT2D eigenvalue weighted by Gasteiger charge is -2.36. The normalized spacial score (nSPS) is 27.6. The van der Waals surface area contributed by atoms with Gasteiger partial charge in [-0.2, -0.15) is 0 Å². The van der Waals surface area contributed by atoms with Crippen molar-refractivity contribution >= 4 is 30.7 Å². The van der Waals surface area contributed by atoms with Gasteiger partial charge in [0.15, 0.2) is 0 Å². The first kappa shape index (κ1) is 22.3. The number of fused-ring (bicyclic) bond motifs is 2. The summed E-state index contributed by atoms with van der Waals surface area (Å²) < 4.78 is 0. The van der Waals surface area contributed by atoms with E-state index in [0.29, 0.717) is 29.7 Å². The molecule has 3 heterocycles. The van der Waals surface area contributed by atoms with Crippen LogP contribution in [0.15, 0.2) is 24.3 Å². The van der Waals surface area contributed by atoms with Crippen LogP contribution >= 0.6 is 24.8 Å². The van der Waals surface area contributed by atoms with Gasteiger partial charge in [-0.25, -0.2) is 0 Å². The summed E-state index contributed by atoms with van der Waals surface area (Å²) in [5, 5.41) is 13.2. The molecule has 2 bridgehead atoms. The number of phenolic OH excluding ortho intramolecular Hbond substituents is 1. The van der Waals surface area contributed by atoms with Gasteiger partial charge in [-0.05, 0) is 49.3 Å². The fourth-order valence-electron chi connectivity index (χ4n) is 4.79. The van der Waals surface area contributed by atoms with E-state index in [1.807, 2.05) is 18.2 Å². The molecule has 2 unspecified atom stereocenters. The molecule has 2 N–H and O–H groups in total. The quantitative estimate of drug-likeness (QED) is 0.793. The Morgan fingerprint density at radius 1 is 1.07 bits per heavy atom. The van der Waals surface area contributed by atoms with E-state index in [2.05, 4.69) is 15.1 Å². The van der Waals surface area contributed by atoms with Crippen LogP contribution in [-0.2, 0) is 11.3 Å². The number of phenols is 1. The van der Waals surface area contributed by atoms with Crippen molar-refractivity contribution in [2.45, 2.75) is 50.7 Å². The lowest BCUT2D eigenvalue weighted by atomic mass is 9.89. The summed E-state index contributed by atoms with van der Waals surface area (Å²) in [5.41, 5.74) is 1.13. The van der Waals surface area contributed by atoms with E-state index in [1.165, 1.54) is 25.7 Å². The standard InChI is InChI=1S/C20H29N3O2.2ClH/c24-19-3-1-2-15(12-19)14-22-6-8-23(9-7-22)20(25)13-16-10-17-4-5-18(11-16)21-17;;/h1-3,12,16-18,21,24H,4-11,13-14H2;2*1H. The van der Waals surface area contributed by atoms with Gasteiger partial charge in [0.2, 0.25) is 5.91 Å². The highest BCUT2D eigenvalue weighted by molar-refractivity contribution is 5.85. The Bertz CT molecular complexity index is 611. The van der Waals surface area contributed by atoms with Crippen molar-refractivity contribution in [2.24, 2.45) is 5.92 Å². The van der Waals surface area contributed by atoms with Gasteiger partial charge >= 0.3 is 0 Å². The van der Waals surface area contributed by atoms with Crippen LogP contribution < -0.4 is 5.32 Å². The van der Waals surface area contributed by atoms with Crippen LogP contribution in [0.1, 0.15) is 37.7 Å². The number of nitrogens with zero attached hydrogens (tertiary/aromatic N) is 2. The number of hydrogen-bond acceptors (Lipinski definition) is 4. The van der Waals surface area contributed by atoms with E-state index in [-0.39, 0.29) is 24.8 Å². The zero-order chi connectivity index (χ0) is 17.2. The summed E-state index contributed by atoms with van der Waals surface area (Å²) in [5.74, 6) is 1.25. The number of piperidine rings is 1. The lowest BCUT2D eigenvalue weighted by Crippen LogP contribution is -2.49. The monoisotopic (exact) mass is 415 g/mol. The number of amides is 1. The van der Waals surface area contributed by atoms with Crippen LogP contribution in [0.4, 0.5) is 0 Å². The average Bonchev–Trinajstić information content (AvgIpc) is 2.94. The molecule has 0 saturated carbocycles. The molecule has 7 heteroatoms. The van der Waals surface area contributed by atoms with E-state index in [1.54, 1.807) is 6.07 Å². The molecule has 0 aromatic heterocycles. The molecule has 0 radical (unpaired) electrons. The fourth-order valence-corrected chi connectivity index (χ4v) is 4.79. The third kappa shape index (κ3) is 5.74.